The molecule has 100 valence electrons. The van der Waals surface area contributed by atoms with Crippen LogP contribution in [0, 0.1) is 6.92 Å². The van der Waals surface area contributed by atoms with Crippen molar-refractivity contribution in [2.45, 2.75) is 26.3 Å². The molecule has 0 saturated heterocycles. The molecule has 1 aromatic carbocycles. The van der Waals surface area contributed by atoms with Crippen molar-refractivity contribution < 1.29 is 0 Å². The zero-order valence-electron chi connectivity index (χ0n) is 11.4. The van der Waals surface area contributed by atoms with E-state index >= 15 is 0 Å². The van der Waals surface area contributed by atoms with Gasteiger partial charge in [-0.05, 0) is 43.1 Å². The van der Waals surface area contributed by atoms with Gasteiger partial charge in [0, 0.05) is 16.9 Å². The number of aromatic nitrogens is 1. The third-order valence-corrected chi connectivity index (χ3v) is 3.43. The van der Waals surface area contributed by atoms with E-state index in [2.05, 4.69) is 29.4 Å². The Hall–Kier alpha value is -1.38. The predicted molar refractivity (Wildman–Crippen MR) is 80.6 cm³/mol. The van der Waals surface area contributed by atoms with E-state index in [1.165, 1.54) is 0 Å². The van der Waals surface area contributed by atoms with Gasteiger partial charge in [-0.1, -0.05) is 42.8 Å². The summed E-state index contributed by atoms with van der Waals surface area (Å²) in [6.45, 7) is 5.10. The molecular weight excluding hydrogens is 256 g/mol. The number of nitrogens with zero attached hydrogens (tertiary/aromatic N) is 1. The zero-order valence-corrected chi connectivity index (χ0v) is 12.1. The van der Waals surface area contributed by atoms with Crippen LogP contribution in [0.4, 0.5) is 0 Å². The molecule has 1 unspecified atom stereocenters. The van der Waals surface area contributed by atoms with Gasteiger partial charge in [0.1, 0.15) is 0 Å². The van der Waals surface area contributed by atoms with Crippen LogP contribution in [0.25, 0.3) is 0 Å². The lowest BCUT2D eigenvalue weighted by Gasteiger charge is -2.20. The molecule has 0 aliphatic heterocycles. The molecule has 1 aromatic heterocycles. The van der Waals surface area contributed by atoms with Crippen molar-refractivity contribution >= 4 is 11.6 Å². The molecule has 1 heterocycles. The Bertz CT molecular complexity index is 523. The summed E-state index contributed by atoms with van der Waals surface area (Å²) in [4.78, 5) is 4.38. The second kappa shape index (κ2) is 6.69. The molecular formula is C16H19ClN2. The minimum Gasteiger partial charge on any atom is -0.306 e. The van der Waals surface area contributed by atoms with Crippen LogP contribution in [0.3, 0.4) is 0 Å². The first-order valence-electron chi connectivity index (χ1n) is 6.62. The van der Waals surface area contributed by atoms with E-state index in [0.29, 0.717) is 0 Å². The normalized spacial score (nSPS) is 12.4. The minimum atomic E-state index is 0.0988. The molecule has 0 aliphatic carbocycles. The maximum absolute atomic E-state index is 6.32. The lowest BCUT2D eigenvalue weighted by molar-refractivity contribution is 0.597. The van der Waals surface area contributed by atoms with E-state index in [1.807, 2.05) is 37.4 Å². The topological polar surface area (TPSA) is 24.9 Å². The van der Waals surface area contributed by atoms with Gasteiger partial charge >= 0.3 is 0 Å². The van der Waals surface area contributed by atoms with E-state index in [1.54, 1.807) is 0 Å². The maximum atomic E-state index is 6.32. The molecule has 0 amide bonds. The van der Waals surface area contributed by atoms with Gasteiger partial charge in [-0.3, -0.25) is 4.98 Å². The molecule has 19 heavy (non-hydrogen) atoms. The van der Waals surface area contributed by atoms with Crippen molar-refractivity contribution in [3.63, 3.8) is 0 Å². The SMILES string of the molecule is CCCNC(c1ccc(C)nc1)c1ccccc1Cl. The van der Waals surface area contributed by atoms with E-state index in [0.717, 1.165) is 34.8 Å². The van der Waals surface area contributed by atoms with Crippen molar-refractivity contribution in [3.05, 3.63) is 64.4 Å². The Balaban J connectivity index is 2.35. The quantitative estimate of drug-likeness (QED) is 0.887. The Morgan fingerprint density at radius 1 is 1.21 bits per heavy atom. The molecule has 2 rings (SSSR count). The molecule has 0 aliphatic rings. The third-order valence-electron chi connectivity index (χ3n) is 3.08. The van der Waals surface area contributed by atoms with Crippen molar-refractivity contribution in [1.29, 1.82) is 0 Å². The number of benzene rings is 1. The molecule has 2 aromatic rings. The first-order chi connectivity index (χ1) is 9.22. The van der Waals surface area contributed by atoms with Gasteiger partial charge < -0.3 is 5.32 Å². The molecule has 0 bridgehead atoms. The Morgan fingerprint density at radius 3 is 2.63 bits per heavy atom. The zero-order chi connectivity index (χ0) is 13.7. The molecule has 0 saturated carbocycles. The van der Waals surface area contributed by atoms with Crippen LogP contribution in [0.1, 0.15) is 36.2 Å². The first kappa shape index (κ1) is 14.0. The number of hydrogen-bond donors (Lipinski definition) is 1. The maximum Gasteiger partial charge on any atom is 0.0606 e. The number of nitrogens with one attached hydrogen (secondary N) is 1. The monoisotopic (exact) mass is 274 g/mol. The molecule has 0 fully saturated rings. The number of pyridine rings is 1. The van der Waals surface area contributed by atoms with Crippen LogP contribution in [-0.4, -0.2) is 11.5 Å². The fraction of sp³-hybridized carbons (Fsp3) is 0.312. The highest BCUT2D eigenvalue weighted by Crippen LogP contribution is 2.27. The minimum absolute atomic E-state index is 0.0988. The van der Waals surface area contributed by atoms with Gasteiger partial charge in [0.25, 0.3) is 0 Å². The van der Waals surface area contributed by atoms with Crippen LogP contribution < -0.4 is 5.32 Å². The number of hydrogen-bond acceptors (Lipinski definition) is 2. The summed E-state index contributed by atoms with van der Waals surface area (Å²) in [5.74, 6) is 0. The Kier molecular flexibility index (Phi) is 4.94. The molecule has 3 heteroatoms. The summed E-state index contributed by atoms with van der Waals surface area (Å²) >= 11 is 6.32. The standard InChI is InChI=1S/C16H19ClN2/c1-3-10-18-16(13-9-8-12(2)19-11-13)14-6-4-5-7-15(14)17/h4-9,11,16,18H,3,10H2,1-2H3. The van der Waals surface area contributed by atoms with Gasteiger partial charge in [-0.25, -0.2) is 0 Å². The Morgan fingerprint density at radius 2 is 2.00 bits per heavy atom. The fourth-order valence-electron chi connectivity index (χ4n) is 2.06. The molecule has 2 nitrogen and oxygen atoms in total. The van der Waals surface area contributed by atoms with Gasteiger partial charge in [0.05, 0.1) is 6.04 Å². The lowest BCUT2D eigenvalue weighted by atomic mass is 9.99. The second-order valence-electron chi connectivity index (χ2n) is 4.64. The number of aryl methyl sites for hydroxylation is 1. The molecule has 0 spiro atoms. The van der Waals surface area contributed by atoms with Crippen molar-refractivity contribution in [2.24, 2.45) is 0 Å². The average Bonchev–Trinajstić information content (AvgIpc) is 2.43. The van der Waals surface area contributed by atoms with E-state index < -0.39 is 0 Å². The van der Waals surface area contributed by atoms with Crippen molar-refractivity contribution in [1.82, 2.24) is 10.3 Å². The first-order valence-corrected chi connectivity index (χ1v) is 7.00. The van der Waals surface area contributed by atoms with Crippen LogP contribution in [0.2, 0.25) is 5.02 Å². The van der Waals surface area contributed by atoms with Crippen molar-refractivity contribution in [3.8, 4) is 0 Å². The van der Waals surface area contributed by atoms with Gasteiger partial charge in [0.15, 0.2) is 0 Å². The Labute approximate surface area is 119 Å². The summed E-state index contributed by atoms with van der Waals surface area (Å²) in [6, 6.07) is 12.2. The summed E-state index contributed by atoms with van der Waals surface area (Å²) in [6.07, 6.45) is 3.01. The summed E-state index contributed by atoms with van der Waals surface area (Å²) in [5, 5.41) is 4.33. The largest absolute Gasteiger partial charge is 0.306 e. The molecule has 0 radical (unpaired) electrons. The van der Waals surface area contributed by atoms with E-state index in [-0.39, 0.29) is 6.04 Å². The van der Waals surface area contributed by atoms with Crippen LogP contribution >= 0.6 is 11.6 Å². The van der Waals surface area contributed by atoms with Gasteiger partial charge in [-0.2, -0.15) is 0 Å². The lowest BCUT2D eigenvalue weighted by Crippen LogP contribution is -2.23. The predicted octanol–water partition coefficient (Wildman–Crippen LogP) is 4.13. The average molecular weight is 275 g/mol. The van der Waals surface area contributed by atoms with Crippen LogP contribution in [0.15, 0.2) is 42.6 Å². The summed E-state index contributed by atoms with van der Waals surface area (Å²) in [7, 11) is 0. The highest BCUT2D eigenvalue weighted by molar-refractivity contribution is 6.31. The molecule has 1 atom stereocenters. The highest BCUT2D eigenvalue weighted by Gasteiger charge is 2.16. The fourth-order valence-corrected chi connectivity index (χ4v) is 2.30. The summed E-state index contributed by atoms with van der Waals surface area (Å²) < 4.78 is 0. The highest BCUT2D eigenvalue weighted by atomic mass is 35.5. The van der Waals surface area contributed by atoms with Gasteiger partial charge in [0.2, 0.25) is 0 Å². The van der Waals surface area contributed by atoms with Crippen LogP contribution in [-0.2, 0) is 0 Å². The van der Waals surface area contributed by atoms with Crippen LogP contribution in [0.5, 0.6) is 0 Å². The molecule has 1 N–H and O–H groups in total. The van der Waals surface area contributed by atoms with Gasteiger partial charge in [-0.15, -0.1) is 0 Å². The second-order valence-corrected chi connectivity index (χ2v) is 5.05. The number of rotatable bonds is 5. The van der Waals surface area contributed by atoms with Crippen molar-refractivity contribution in [2.75, 3.05) is 6.54 Å². The van der Waals surface area contributed by atoms with E-state index in [4.69, 9.17) is 11.6 Å². The number of halogens is 1. The third kappa shape index (κ3) is 3.55. The summed E-state index contributed by atoms with van der Waals surface area (Å²) in [5.41, 5.74) is 3.27. The smallest absolute Gasteiger partial charge is 0.0606 e. The van der Waals surface area contributed by atoms with E-state index in [9.17, 15) is 0 Å².